The number of carbonyl (C=O) groups is 1. The third-order valence-corrected chi connectivity index (χ3v) is 7.42. The third-order valence-electron chi connectivity index (χ3n) is 7.42. The van der Waals surface area contributed by atoms with Crippen LogP contribution in [0, 0.1) is 11.8 Å². The third kappa shape index (κ3) is 2.82. The number of benzene rings is 3. The van der Waals surface area contributed by atoms with Crippen molar-refractivity contribution in [1.29, 1.82) is 0 Å². The van der Waals surface area contributed by atoms with Crippen molar-refractivity contribution in [2.24, 2.45) is 11.8 Å². The van der Waals surface area contributed by atoms with E-state index >= 15 is 0 Å². The number of rotatable bonds is 4. The second-order valence-electron chi connectivity index (χ2n) is 8.99. The average Bonchev–Trinajstić information content (AvgIpc) is 3.36. The highest BCUT2D eigenvalue weighted by Crippen LogP contribution is 2.59. The highest BCUT2D eigenvalue weighted by molar-refractivity contribution is 5.91. The van der Waals surface area contributed by atoms with Crippen LogP contribution in [0.15, 0.2) is 97.1 Å². The average molecular weight is 404 g/mol. The minimum Gasteiger partial charge on any atom is -0.334 e. The van der Waals surface area contributed by atoms with Crippen LogP contribution in [0.4, 0.5) is 0 Å². The zero-order chi connectivity index (χ0) is 20.9. The molecule has 1 saturated heterocycles. The number of hydrogen-bond donors (Lipinski definition) is 0. The van der Waals surface area contributed by atoms with Gasteiger partial charge in [0.15, 0.2) is 0 Å². The second kappa shape index (κ2) is 7.09. The van der Waals surface area contributed by atoms with Gasteiger partial charge in [0.2, 0.25) is 5.91 Å². The van der Waals surface area contributed by atoms with Gasteiger partial charge >= 0.3 is 0 Å². The van der Waals surface area contributed by atoms with Gasteiger partial charge in [0, 0.05) is 30.3 Å². The van der Waals surface area contributed by atoms with E-state index in [1.807, 2.05) is 12.1 Å². The van der Waals surface area contributed by atoms with E-state index in [9.17, 15) is 4.79 Å². The van der Waals surface area contributed by atoms with Crippen LogP contribution in [0.3, 0.4) is 0 Å². The SMILES string of the molecule is C=C(C1=Cc2ccccc2[C@H]2[C@@H]1[C@H]1C[C@@H]2N(Cc2ccccc2)C1=O)c1ccccc1. The molecule has 1 saturated carbocycles. The molecule has 3 aromatic carbocycles. The Bertz CT molecular complexity index is 1190. The summed E-state index contributed by atoms with van der Waals surface area (Å²) in [6.07, 6.45) is 3.23. The van der Waals surface area contributed by atoms with E-state index in [4.69, 9.17) is 0 Å². The fourth-order valence-electron chi connectivity index (χ4n) is 6.09. The summed E-state index contributed by atoms with van der Waals surface area (Å²) in [4.78, 5) is 15.7. The second-order valence-corrected chi connectivity index (χ2v) is 8.99. The highest BCUT2D eigenvalue weighted by Gasteiger charge is 2.59. The van der Waals surface area contributed by atoms with Crippen LogP contribution in [-0.4, -0.2) is 16.8 Å². The van der Waals surface area contributed by atoms with Gasteiger partial charge in [0.25, 0.3) is 0 Å². The van der Waals surface area contributed by atoms with E-state index in [-0.39, 0.29) is 17.9 Å². The largest absolute Gasteiger partial charge is 0.334 e. The topological polar surface area (TPSA) is 20.3 Å². The highest BCUT2D eigenvalue weighted by atomic mass is 16.2. The molecule has 1 heterocycles. The van der Waals surface area contributed by atoms with Gasteiger partial charge in [-0.3, -0.25) is 4.79 Å². The number of piperidine rings is 1. The summed E-state index contributed by atoms with van der Waals surface area (Å²) >= 11 is 0. The Kier molecular flexibility index (Phi) is 4.21. The summed E-state index contributed by atoms with van der Waals surface area (Å²) in [6.45, 7) is 5.18. The first-order valence-corrected chi connectivity index (χ1v) is 11.1. The molecule has 0 aromatic heterocycles. The molecule has 2 bridgehead atoms. The van der Waals surface area contributed by atoms with Crippen molar-refractivity contribution in [3.8, 4) is 0 Å². The molecule has 3 aliphatic rings. The maximum absolute atomic E-state index is 13.5. The number of carbonyl (C=O) groups excluding carboxylic acids is 1. The van der Waals surface area contributed by atoms with Crippen molar-refractivity contribution in [3.63, 3.8) is 0 Å². The minimum atomic E-state index is 0.0405. The lowest BCUT2D eigenvalue weighted by Gasteiger charge is -2.42. The molecular weight excluding hydrogens is 378 g/mol. The summed E-state index contributed by atoms with van der Waals surface area (Å²) in [5.41, 5.74) is 7.30. The lowest BCUT2D eigenvalue weighted by molar-refractivity contribution is -0.136. The Morgan fingerprint density at radius 2 is 1.55 bits per heavy atom. The maximum atomic E-state index is 13.5. The summed E-state index contributed by atoms with van der Waals surface area (Å²) in [5.74, 6) is 0.898. The van der Waals surface area contributed by atoms with Crippen LogP contribution >= 0.6 is 0 Å². The van der Waals surface area contributed by atoms with Gasteiger partial charge in [-0.15, -0.1) is 0 Å². The van der Waals surface area contributed by atoms with E-state index in [1.165, 1.54) is 22.3 Å². The first-order valence-electron chi connectivity index (χ1n) is 11.1. The summed E-state index contributed by atoms with van der Waals surface area (Å²) in [5, 5.41) is 0. The van der Waals surface area contributed by atoms with Gasteiger partial charge < -0.3 is 4.90 Å². The maximum Gasteiger partial charge on any atom is 0.226 e. The van der Waals surface area contributed by atoms with E-state index < -0.39 is 0 Å². The van der Waals surface area contributed by atoms with Gasteiger partial charge in [0.05, 0.1) is 0 Å². The van der Waals surface area contributed by atoms with Gasteiger partial charge in [-0.2, -0.15) is 0 Å². The van der Waals surface area contributed by atoms with Gasteiger partial charge in [-0.05, 0) is 39.8 Å². The lowest BCUT2D eigenvalue weighted by Crippen LogP contribution is -2.46. The number of nitrogens with zero attached hydrogens (tertiary/aromatic N) is 1. The minimum absolute atomic E-state index is 0.0405. The molecule has 0 radical (unpaired) electrons. The molecule has 0 N–H and O–H groups in total. The first kappa shape index (κ1) is 18.4. The van der Waals surface area contributed by atoms with E-state index in [1.54, 1.807) is 0 Å². The van der Waals surface area contributed by atoms with Crippen molar-refractivity contribution in [1.82, 2.24) is 4.90 Å². The molecule has 3 aromatic rings. The van der Waals surface area contributed by atoms with E-state index in [2.05, 4.69) is 90.4 Å². The number of likely N-dealkylation sites (tertiary alicyclic amines) is 1. The predicted octanol–water partition coefficient (Wildman–Crippen LogP) is 5.93. The predicted molar refractivity (Wildman–Crippen MR) is 125 cm³/mol. The quantitative estimate of drug-likeness (QED) is 0.529. The zero-order valence-corrected chi connectivity index (χ0v) is 17.4. The number of amides is 1. The molecule has 6 rings (SSSR count). The first-order chi connectivity index (χ1) is 15.2. The lowest BCUT2D eigenvalue weighted by atomic mass is 9.68. The Balaban J connectivity index is 1.42. The van der Waals surface area contributed by atoms with Crippen LogP contribution in [0.5, 0.6) is 0 Å². The van der Waals surface area contributed by atoms with Gasteiger partial charge in [-0.25, -0.2) is 0 Å². The fraction of sp³-hybridized carbons (Fsp3) is 0.207. The van der Waals surface area contributed by atoms with Gasteiger partial charge in [-0.1, -0.05) is 97.6 Å². The van der Waals surface area contributed by atoms with E-state index in [0.29, 0.717) is 18.4 Å². The molecule has 1 aliphatic heterocycles. The Morgan fingerprint density at radius 1 is 0.871 bits per heavy atom. The summed E-state index contributed by atoms with van der Waals surface area (Å²) in [7, 11) is 0. The molecule has 2 nitrogen and oxygen atoms in total. The molecule has 0 unspecified atom stereocenters. The van der Waals surface area contributed by atoms with Crippen molar-refractivity contribution in [3.05, 3.63) is 119 Å². The molecule has 4 atom stereocenters. The normalized spacial score (nSPS) is 25.7. The molecule has 2 heteroatoms. The Labute approximate surface area is 183 Å². The molecule has 2 fully saturated rings. The molecule has 152 valence electrons. The standard InChI is InChI=1S/C29H25NO/c1-19(21-12-6-3-7-13-21)24-16-22-14-8-9-15-23(22)28-26-17-25(27(24)28)29(31)30(26)18-20-10-4-2-5-11-20/h2-16,25-28H,1,17-18H2/t25-,26+,27+,28-/m1/s1. The van der Waals surface area contributed by atoms with Crippen LogP contribution in [0.1, 0.15) is 34.6 Å². The monoisotopic (exact) mass is 403 g/mol. The van der Waals surface area contributed by atoms with Crippen LogP contribution in [0.25, 0.3) is 11.6 Å². The smallest absolute Gasteiger partial charge is 0.226 e. The zero-order valence-electron chi connectivity index (χ0n) is 17.4. The van der Waals surface area contributed by atoms with Crippen molar-refractivity contribution < 1.29 is 4.79 Å². The number of fused-ring (bicyclic) bond motifs is 7. The Hall–Kier alpha value is -3.39. The van der Waals surface area contributed by atoms with Gasteiger partial charge in [0.1, 0.15) is 0 Å². The van der Waals surface area contributed by atoms with Crippen LogP contribution < -0.4 is 0 Å². The number of hydrogen-bond acceptors (Lipinski definition) is 1. The molecule has 31 heavy (non-hydrogen) atoms. The van der Waals surface area contributed by atoms with Crippen molar-refractivity contribution >= 4 is 17.6 Å². The van der Waals surface area contributed by atoms with Crippen LogP contribution in [-0.2, 0) is 11.3 Å². The van der Waals surface area contributed by atoms with Crippen molar-refractivity contribution in [2.45, 2.75) is 24.9 Å². The Morgan fingerprint density at radius 3 is 2.32 bits per heavy atom. The summed E-state index contributed by atoms with van der Waals surface area (Å²) in [6, 6.07) is 29.7. The molecule has 1 amide bonds. The molecule has 2 aliphatic carbocycles. The molecule has 0 spiro atoms. The molecular formula is C29H25NO. The van der Waals surface area contributed by atoms with Crippen molar-refractivity contribution in [2.75, 3.05) is 0 Å². The van der Waals surface area contributed by atoms with E-state index in [0.717, 1.165) is 17.6 Å². The fourth-order valence-corrected chi connectivity index (χ4v) is 6.09. The number of allylic oxidation sites excluding steroid dienone is 2. The van der Waals surface area contributed by atoms with Crippen LogP contribution in [0.2, 0.25) is 0 Å². The summed E-state index contributed by atoms with van der Waals surface area (Å²) < 4.78 is 0.